The molecule has 0 N–H and O–H groups in total. The van der Waals surface area contributed by atoms with Crippen LogP contribution in [-0.2, 0) is 0 Å². The van der Waals surface area contributed by atoms with Gasteiger partial charge in [0.1, 0.15) is 11.6 Å². The van der Waals surface area contributed by atoms with Crippen LogP contribution in [0.2, 0.25) is 0 Å². The Hall–Kier alpha value is -4.53. The number of nitro benzene ring substituents is 1. The van der Waals surface area contributed by atoms with E-state index in [4.69, 9.17) is 9.72 Å². The van der Waals surface area contributed by atoms with Gasteiger partial charge in [-0.15, -0.1) is 0 Å². The Kier molecular flexibility index (Phi) is 6.82. The highest BCUT2D eigenvalue weighted by atomic mass is 16.6. The van der Waals surface area contributed by atoms with Crippen molar-refractivity contribution in [1.82, 2.24) is 14.5 Å². The van der Waals surface area contributed by atoms with Crippen LogP contribution in [0.1, 0.15) is 41.6 Å². The van der Waals surface area contributed by atoms with E-state index in [1.165, 1.54) is 35.9 Å². The van der Waals surface area contributed by atoms with Crippen LogP contribution in [0.15, 0.2) is 71.5 Å². The van der Waals surface area contributed by atoms with Crippen molar-refractivity contribution in [1.29, 1.82) is 0 Å². The summed E-state index contributed by atoms with van der Waals surface area (Å²) in [7, 11) is 1.53. The summed E-state index contributed by atoms with van der Waals surface area (Å²) < 4.78 is 7.07. The van der Waals surface area contributed by atoms with E-state index in [9.17, 15) is 19.7 Å². The van der Waals surface area contributed by atoms with E-state index < -0.39 is 11.0 Å². The van der Waals surface area contributed by atoms with E-state index in [0.717, 1.165) is 5.56 Å². The van der Waals surface area contributed by atoms with Gasteiger partial charge in [0.15, 0.2) is 0 Å². The molecule has 1 amide bonds. The minimum Gasteiger partial charge on any atom is -0.495 e. The molecule has 4 aromatic rings. The molecule has 1 heterocycles. The third-order valence-electron chi connectivity index (χ3n) is 6.14. The van der Waals surface area contributed by atoms with Crippen molar-refractivity contribution in [2.24, 2.45) is 0 Å². The van der Waals surface area contributed by atoms with Crippen LogP contribution in [0.4, 0.5) is 5.69 Å². The topological polar surface area (TPSA) is 108 Å². The SMILES string of the molecule is CCN(C(=O)c1ccc([N+](=O)[O-])cc1)C(C)c1nc2ccccc2c(=O)n1-c1cc(C)ccc1OC. The molecule has 0 aliphatic heterocycles. The molecule has 0 radical (unpaired) electrons. The largest absolute Gasteiger partial charge is 0.495 e. The number of carbonyl (C=O) groups is 1. The van der Waals surface area contributed by atoms with Gasteiger partial charge in [0, 0.05) is 24.2 Å². The highest BCUT2D eigenvalue weighted by Crippen LogP contribution is 2.29. The van der Waals surface area contributed by atoms with Crippen molar-refractivity contribution < 1.29 is 14.5 Å². The number of aryl methyl sites for hydroxylation is 1. The first-order valence-electron chi connectivity index (χ1n) is 11.5. The van der Waals surface area contributed by atoms with E-state index in [-0.39, 0.29) is 17.2 Å². The second-order valence-corrected chi connectivity index (χ2v) is 8.37. The monoisotopic (exact) mass is 486 g/mol. The number of para-hydroxylation sites is 1. The number of amides is 1. The quantitative estimate of drug-likeness (QED) is 0.273. The summed E-state index contributed by atoms with van der Waals surface area (Å²) in [6.45, 7) is 5.88. The maximum atomic E-state index is 13.8. The summed E-state index contributed by atoms with van der Waals surface area (Å²) in [5.41, 5.74) is 1.91. The number of non-ortho nitro benzene ring substituents is 1. The number of hydrogen-bond donors (Lipinski definition) is 0. The van der Waals surface area contributed by atoms with Crippen LogP contribution in [-0.4, -0.2) is 38.9 Å². The van der Waals surface area contributed by atoms with Crippen LogP contribution in [0.3, 0.4) is 0 Å². The number of nitro groups is 1. The maximum Gasteiger partial charge on any atom is 0.269 e. The molecule has 3 aromatic carbocycles. The number of ether oxygens (including phenoxy) is 1. The van der Waals surface area contributed by atoms with Crippen molar-refractivity contribution in [3.63, 3.8) is 0 Å². The maximum absolute atomic E-state index is 13.8. The molecule has 4 rings (SSSR count). The number of methoxy groups -OCH3 is 1. The van der Waals surface area contributed by atoms with Crippen LogP contribution >= 0.6 is 0 Å². The minimum absolute atomic E-state index is 0.0979. The molecule has 0 aliphatic carbocycles. The second-order valence-electron chi connectivity index (χ2n) is 8.37. The van der Waals surface area contributed by atoms with E-state index in [0.29, 0.717) is 40.3 Å². The molecule has 0 saturated carbocycles. The lowest BCUT2D eigenvalue weighted by atomic mass is 10.1. The Labute approximate surface area is 207 Å². The molecule has 184 valence electrons. The average molecular weight is 487 g/mol. The normalized spacial score (nSPS) is 11.8. The predicted molar refractivity (Wildman–Crippen MR) is 137 cm³/mol. The fourth-order valence-corrected chi connectivity index (χ4v) is 4.26. The molecule has 36 heavy (non-hydrogen) atoms. The van der Waals surface area contributed by atoms with Gasteiger partial charge in [0.05, 0.1) is 34.7 Å². The Morgan fingerprint density at radius 3 is 2.47 bits per heavy atom. The van der Waals surface area contributed by atoms with Gasteiger partial charge in [-0.3, -0.25) is 24.3 Å². The molecule has 0 aliphatic rings. The average Bonchev–Trinajstić information content (AvgIpc) is 2.89. The van der Waals surface area contributed by atoms with Crippen LogP contribution in [0.25, 0.3) is 16.6 Å². The van der Waals surface area contributed by atoms with Crippen LogP contribution in [0, 0.1) is 17.0 Å². The lowest BCUT2D eigenvalue weighted by Crippen LogP contribution is -2.37. The fourth-order valence-electron chi connectivity index (χ4n) is 4.26. The first-order valence-corrected chi connectivity index (χ1v) is 11.5. The second kappa shape index (κ2) is 9.99. The summed E-state index contributed by atoms with van der Waals surface area (Å²) in [5, 5.41) is 11.5. The lowest BCUT2D eigenvalue weighted by molar-refractivity contribution is -0.384. The van der Waals surface area contributed by atoms with E-state index in [1.807, 2.05) is 32.9 Å². The number of fused-ring (bicyclic) bond motifs is 1. The number of carbonyl (C=O) groups excluding carboxylic acids is 1. The summed E-state index contributed by atoms with van der Waals surface area (Å²) in [5.74, 6) is 0.544. The molecule has 0 fully saturated rings. The highest BCUT2D eigenvalue weighted by Gasteiger charge is 2.28. The standard InChI is InChI=1S/C27H26N4O5/c1-5-29(26(32)19-11-13-20(14-12-19)31(34)35)18(3)25-28-22-9-7-6-8-21(22)27(33)30(25)23-16-17(2)10-15-24(23)36-4/h6-16,18H,5H2,1-4H3. The number of benzene rings is 3. The molecule has 0 bridgehead atoms. The Morgan fingerprint density at radius 2 is 1.83 bits per heavy atom. The van der Waals surface area contributed by atoms with Gasteiger partial charge >= 0.3 is 0 Å². The first kappa shape index (κ1) is 24.6. The first-order chi connectivity index (χ1) is 17.3. The lowest BCUT2D eigenvalue weighted by Gasteiger charge is -2.30. The smallest absolute Gasteiger partial charge is 0.269 e. The van der Waals surface area contributed by atoms with Crippen molar-refractivity contribution >= 4 is 22.5 Å². The molecule has 9 heteroatoms. The van der Waals surface area contributed by atoms with Crippen molar-refractivity contribution in [2.75, 3.05) is 13.7 Å². The Balaban J connectivity index is 1.90. The number of aromatic nitrogens is 2. The van der Waals surface area contributed by atoms with Crippen molar-refractivity contribution in [2.45, 2.75) is 26.8 Å². The number of nitrogens with zero attached hydrogens (tertiary/aromatic N) is 4. The number of rotatable bonds is 7. The summed E-state index contributed by atoms with van der Waals surface area (Å²) in [6, 6.07) is 17.4. The Morgan fingerprint density at radius 1 is 1.14 bits per heavy atom. The molecule has 0 saturated heterocycles. The summed E-state index contributed by atoms with van der Waals surface area (Å²) in [6.07, 6.45) is 0. The summed E-state index contributed by atoms with van der Waals surface area (Å²) >= 11 is 0. The zero-order valence-electron chi connectivity index (χ0n) is 20.5. The van der Waals surface area contributed by atoms with Gasteiger partial charge in [-0.2, -0.15) is 0 Å². The molecule has 1 aromatic heterocycles. The molecule has 9 nitrogen and oxygen atoms in total. The molecule has 1 atom stereocenters. The number of hydrogen-bond acceptors (Lipinski definition) is 6. The fraction of sp³-hybridized carbons (Fsp3) is 0.222. The Bertz CT molecular complexity index is 1510. The predicted octanol–water partition coefficient (Wildman–Crippen LogP) is 4.83. The zero-order chi connectivity index (χ0) is 26.0. The van der Waals surface area contributed by atoms with Gasteiger partial charge in [-0.05, 0) is 62.7 Å². The van der Waals surface area contributed by atoms with Gasteiger partial charge in [0.2, 0.25) is 0 Å². The van der Waals surface area contributed by atoms with E-state index in [2.05, 4.69) is 0 Å². The molecular weight excluding hydrogens is 460 g/mol. The van der Waals surface area contributed by atoms with Gasteiger partial charge in [-0.1, -0.05) is 18.2 Å². The summed E-state index contributed by atoms with van der Waals surface area (Å²) in [4.78, 5) is 44.2. The third-order valence-corrected chi connectivity index (χ3v) is 6.14. The minimum atomic E-state index is -0.611. The van der Waals surface area contributed by atoms with Gasteiger partial charge in [0.25, 0.3) is 17.2 Å². The highest BCUT2D eigenvalue weighted by molar-refractivity contribution is 5.94. The molecular formula is C27H26N4O5. The molecule has 1 unspecified atom stereocenters. The van der Waals surface area contributed by atoms with Crippen LogP contribution in [0.5, 0.6) is 5.75 Å². The van der Waals surface area contributed by atoms with Gasteiger partial charge in [-0.25, -0.2) is 4.98 Å². The van der Waals surface area contributed by atoms with Gasteiger partial charge < -0.3 is 9.64 Å². The van der Waals surface area contributed by atoms with Crippen molar-refractivity contribution in [3.05, 3.63) is 104 Å². The zero-order valence-corrected chi connectivity index (χ0v) is 20.5. The third kappa shape index (κ3) is 4.43. The van der Waals surface area contributed by atoms with E-state index >= 15 is 0 Å². The van der Waals surface area contributed by atoms with Crippen LogP contribution < -0.4 is 10.3 Å². The van der Waals surface area contributed by atoms with E-state index in [1.54, 1.807) is 35.2 Å². The molecule has 0 spiro atoms. The van der Waals surface area contributed by atoms with Crippen molar-refractivity contribution in [3.8, 4) is 11.4 Å².